The van der Waals surface area contributed by atoms with Gasteiger partial charge in [-0.05, 0) is 61.3 Å². The van der Waals surface area contributed by atoms with E-state index in [-0.39, 0.29) is 0 Å². The number of nitrogens with one attached hydrogen (secondary N) is 1. The Morgan fingerprint density at radius 1 is 1.05 bits per heavy atom. The number of hydrogen-bond acceptors (Lipinski definition) is 3. The quantitative estimate of drug-likeness (QED) is 0.856. The summed E-state index contributed by atoms with van der Waals surface area (Å²) in [6, 6.07) is 9.04. The molecule has 1 aromatic heterocycles. The van der Waals surface area contributed by atoms with Crippen molar-refractivity contribution < 1.29 is 0 Å². The van der Waals surface area contributed by atoms with E-state index in [2.05, 4.69) is 39.9 Å². The molecule has 2 aromatic rings. The molecule has 2 nitrogen and oxygen atoms in total. The van der Waals surface area contributed by atoms with Crippen LogP contribution in [0.3, 0.4) is 0 Å². The van der Waals surface area contributed by atoms with E-state index >= 15 is 0 Å². The lowest BCUT2D eigenvalue weighted by molar-refractivity contribution is 0.409. The predicted octanol–water partition coefficient (Wildman–Crippen LogP) is 3.34. The molecule has 0 spiro atoms. The molecule has 0 radical (unpaired) electrons. The molecular weight excluding hydrogens is 252 g/mol. The second-order valence-corrected chi connectivity index (χ2v) is 6.81. The molecule has 2 atom stereocenters. The summed E-state index contributed by atoms with van der Waals surface area (Å²) in [7, 11) is 0. The number of hydrogen-bond donors (Lipinski definition) is 1. The minimum atomic E-state index is 0.892. The standard InChI is InChI=1S/C16H20N2S/c1-2-15(14-6-9-19-16(14)3-1)18-10-12-4-7-17-8-5-13(12)11-18/h1-3,6,9,12-13,17H,4-5,7-8,10-11H2. The van der Waals surface area contributed by atoms with E-state index < -0.39 is 0 Å². The first kappa shape index (κ1) is 11.7. The molecule has 2 aliphatic heterocycles. The van der Waals surface area contributed by atoms with Crippen molar-refractivity contribution in [3.05, 3.63) is 29.6 Å². The summed E-state index contributed by atoms with van der Waals surface area (Å²) < 4.78 is 1.42. The van der Waals surface area contributed by atoms with E-state index in [0.29, 0.717) is 0 Å². The smallest absolute Gasteiger partial charge is 0.0454 e. The number of rotatable bonds is 1. The third kappa shape index (κ3) is 2.05. The largest absolute Gasteiger partial charge is 0.370 e. The first-order chi connectivity index (χ1) is 9.42. The van der Waals surface area contributed by atoms with Crippen LogP contribution in [-0.2, 0) is 0 Å². The maximum atomic E-state index is 3.54. The summed E-state index contributed by atoms with van der Waals surface area (Å²) in [5, 5.41) is 7.20. The first-order valence-electron chi connectivity index (χ1n) is 7.34. The molecule has 2 saturated heterocycles. The maximum absolute atomic E-state index is 3.54. The molecule has 1 N–H and O–H groups in total. The highest BCUT2D eigenvalue weighted by atomic mass is 32.1. The van der Waals surface area contributed by atoms with Gasteiger partial charge in [-0.15, -0.1) is 11.3 Å². The van der Waals surface area contributed by atoms with Gasteiger partial charge in [0.2, 0.25) is 0 Å². The Balaban J connectivity index is 1.65. The number of fused-ring (bicyclic) bond motifs is 2. The highest BCUT2D eigenvalue weighted by Crippen LogP contribution is 2.37. The Bertz CT molecular complexity index is 563. The van der Waals surface area contributed by atoms with Gasteiger partial charge in [-0.1, -0.05) is 6.07 Å². The molecule has 0 amide bonds. The van der Waals surface area contributed by atoms with Crippen molar-refractivity contribution in [2.75, 3.05) is 31.1 Å². The Kier molecular flexibility index (Phi) is 2.97. The minimum absolute atomic E-state index is 0.892. The molecule has 2 aliphatic rings. The van der Waals surface area contributed by atoms with Crippen LogP contribution in [0.15, 0.2) is 29.6 Å². The topological polar surface area (TPSA) is 15.3 Å². The Hall–Kier alpha value is -1.06. The van der Waals surface area contributed by atoms with Crippen LogP contribution in [0.5, 0.6) is 0 Å². The van der Waals surface area contributed by atoms with Gasteiger partial charge in [0.25, 0.3) is 0 Å². The molecule has 4 rings (SSSR count). The van der Waals surface area contributed by atoms with Gasteiger partial charge in [0.1, 0.15) is 0 Å². The fourth-order valence-electron chi connectivity index (χ4n) is 3.74. The average Bonchev–Trinajstić information content (AvgIpc) is 3.00. The van der Waals surface area contributed by atoms with Crippen LogP contribution in [0.1, 0.15) is 12.8 Å². The van der Waals surface area contributed by atoms with Crippen LogP contribution in [-0.4, -0.2) is 26.2 Å². The Morgan fingerprint density at radius 3 is 2.63 bits per heavy atom. The van der Waals surface area contributed by atoms with E-state index in [1.54, 1.807) is 0 Å². The molecule has 0 bridgehead atoms. The van der Waals surface area contributed by atoms with Gasteiger partial charge < -0.3 is 10.2 Å². The van der Waals surface area contributed by atoms with Crippen molar-refractivity contribution >= 4 is 27.1 Å². The second-order valence-electron chi connectivity index (χ2n) is 5.86. The fraction of sp³-hybridized carbons (Fsp3) is 0.500. The van der Waals surface area contributed by atoms with Crippen molar-refractivity contribution in [2.45, 2.75) is 12.8 Å². The molecule has 3 heterocycles. The van der Waals surface area contributed by atoms with Crippen LogP contribution in [0, 0.1) is 11.8 Å². The van der Waals surface area contributed by atoms with Gasteiger partial charge in [0.15, 0.2) is 0 Å². The fourth-order valence-corrected chi connectivity index (χ4v) is 4.55. The third-order valence-corrected chi connectivity index (χ3v) is 5.66. The van der Waals surface area contributed by atoms with Crippen LogP contribution in [0.2, 0.25) is 0 Å². The zero-order valence-corrected chi connectivity index (χ0v) is 12.0. The summed E-state index contributed by atoms with van der Waals surface area (Å²) in [5.41, 5.74) is 1.46. The Morgan fingerprint density at radius 2 is 1.84 bits per heavy atom. The molecule has 2 fully saturated rings. The van der Waals surface area contributed by atoms with Crippen molar-refractivity contribution in [1.29, 1.82) is 0 Å². The van der Waals surface area contributed by atoms with Crippen LogP contribution < -0.4 is 10.2 Å². The minimum Gasteiger partial charge on any atom is -0.370 e. The van der Waals surface area contributed by atoms with Gasteiger partial charge in [-0.25, -0.2) is 0 Å². The second kappa shape index (κ2) is 4.80. The molecule has 19 heavy (non-hydrogen) atoms. The first-order valence-corrected chi connectivity index (χ1v) is 8.22. The van der Waals surface area contributed by atoms with E-state index in [0.717, 1.165) is 11.8 Å². The van der Waals surface area contributed by atoms with Gasteiger partial charge in [0, 0.05) is 28.9 Å². The molecule has 3 heteroatoms. The number of anilines is 1. The molecule has 0 aliphatic carbocycles. The summed E-state index contributed by atoms with van der Waals surface area (Å²) in [4.78, 5) is 2.63. The maximum Gasteiger partial charge on any atom is 0.0454 e. The van der Waals surface area contributed by atoms with Crippen LogP contribution in [0.25, 0.3) is 10.1 Å². The van der Waals surface area contributed by atoms with Gasteiger partial charge >= 0.3 is 0 Å². The normalized spacial score (nSPS) is 27.5. The van der Waals surface area contributed by atoms with E-state index in [1.165, 1.54) is 54.8 Å². The van der Waals surface area contributed by atoms with Gasteiger partial charge in [-0.3, -0.25) is 0 Å². The number of nitrogens with zero attached hydrogens (tertiary/aromatic N) is 1. The summed E-state index contributed by atoms with van der Waals surface area (Å²) in [6.45, 7) is 4.91. The van der Waals surface area contributed by atoms with Gasteiger partial charge in [-0.2, -0.15) is 0 Å². The zero-order valence-electron chi connectivity index (χ0n) is 11.1. The van der Waals surface area contributed by atoms with E-state index in [1.807, 2.05) is 11.3 Å². The SMILES string of the molecule is c1cc(N2CC3CCNCCC3C2)c2ccsc2c1. The van der Waals surface area contributed by atoms with E-state index in [4.69, 9.17) is 0 Å². The molecule has 0 saturated carbocycles. The Labute approximate surface area is 118 Å². The molecular formula is C16H20N2S. The van der Waals surface area contributed by atoms with Crippen LogP contribution in [0.4, 0.5) is 5.69 Å². The molecule has 100 valence electrons. The predicted molar refractivity (Wildman–Crippen MR) is 83.1 cm³/mol. The summed E-state index contributed by atoms with van der Waals surface area (Å²) in [5.74, 6) is 1.78. The van der Waals surface area contributed by atoms with Gasteiger partial charge in [0.05, 0.1) is 0 Å². The average molecular weight is 272 g/mol. The lowest BCUT2D eigenvalue weighted by Gasteiger charge is -2.20. The highest BCUT2D eigenvalue weighted by Gasteiger charge is 2.33. The van der Waals surface area contributed by atoms with Crippen molar-refractivity contribution in [1.82, 2.24) is 5.32 Å². The molecule has 1 aromatic carbocycles. The lowest BCUT2D eigenvalue weighted by atomic mass is 9.92. The lowest BCUT2D eigenvalue weighted by Crippen LogP contribution is -2.23. The molecule has 2 unspecified atom stereocenters. The monoisotopic (exact) mass is 272 g/mol. The third-order valence-electron chi connectivity index (χ3n) is 4.77. The van der Waals surface area contributed by atoms with Crippen molar-refractivity contribution in [3.8, 4) is 0 Å². The van der Waals surface area contributed by atoms with E-state index in [9.17, 15) is 0 Å². The number of thiophene rings is 1. The number of benzene rings is 1. The van der Waals surface area contributed by atoms with Crippen molar-refractivity contribution in [2.24, 2.45) is 11.8 Å². The summed E-state index contributed by atoms with van der Waals surface area (Å²) in [6.07, 6.45) is 2.70. The summed E-state index contributed by atoms with van der Waals surface area (Å²) >= 11 is 1.85. The zero-order chi connectivity index (χ0) is 12.7. The van der Waals surface area contributed by atoms with Crippen LogP contribution >= 0.6 is 11.3 Å². The highest BCUT2D eigenvalue weighted by molar-refractivity contribution is 7.17. The van der Waals surface area contributed by atoms with Crippen molar-refractivity contribution in [3.63, 3.8) is 0 Å².